The van der Waals surface area contributed by atoms with Crippen LogP contribution >= 0.6 is 0 Å². The lowest BCUT2D eigenvalue weighted by Crippen LogP contribution is -2.57. The standard InChI is InChI=1S/C27H29N9O3S/c1-16-20-12-29-36(25(20)10-22(30-16)21-11-28-7-6-26(21)39-4)27-9-19(8-23(31-27)24-14-34(3)33-32-24)35-13-18(17(35)2)15-40(5,37)38/h6-12,14,17-18H,13,15H2,1-5H3/t17-,18-/m1/s1. The molecule has 6 rings (SSSR count). The van der Waals surface area contributed by atoms with E-state index >= 15 is 0 Å². The fraction of sp³-hybridized carbons (Fsp3) is 0.333. The lowest BCUT2D eigenvalue weighted by Gasteiger charge is -2.48. The minimum Gasteiger partial charge on any atom is -0.496 e. The van der Waals surface area contributed by atoms with E-state index in [4.69, 9.17) is 19.8 Å². The Morgan fingerprint density at radius 2 is 1.93 bits per heavy atom. The molecule has 0 N–H and O–H groups in total. The largest absolute Gasteiger partial charge is 0.496 e. The lowest BCUT2D eigenvalue weighted by atomic mass is 9.91. The van der Waals surface area contributed by atoms with Crippen molar-refractivity contribution in [3.05, 3.63) is 54.7 Å². The summed E-state index contributed by atoms with van der Waals surface area (Å²) in [5.74, 6) is 1.49. The first-order valence-electron chi connectivity index (χ1n) is 12.8. The molecule has 1 aliphatic rings. The third kappa shape index (κ3) is 4.66. The monoisotopic (exact) mass is 559 g/mol. The van der Waals surface area contributed by atoms with Crippen molar-refractivity contribution in [2.75, 3.05) is 30.6 Å². The Morgan fingerprint density at radius 3 is 2.62 bits per heavy atom. The highest BCUT2D eigenvalue weighted by Crippen LogP contribution is 2.36. The van der Waals surface area contributed by atoms with E-state index in [2.05, 4.69) is 20.2 Å². The average Bonchev–Trinajstić information content (AvgIpc) is 3.56. The van der Waals surface area contributed by atoms with Gasteiger partial charge in [0.15, 0.2) is 5.82 Å². The summed E-state index contributed by atoms with van der Waals surface area (Å²) in [5.41, 5.74) is 5.30. The van der Waals surface area contributed by atoms with Crippen LogP contribution in [-0.2, 0) is 16.9 Å². The highest BCUT2D eigenvalue weighted by atomic mass is 32.2. The van der Waals surface area contributed by atoms with Gasteiger partial charge in [0.2, 0.25) is 0 Å². The van der Waals surface area contributed by atoms with Gasteiger partial charge in [0.1, 0.15) is 21.3 Å². The molecule has 206 valence electrons. The Balaban J connectivity index is 1.48. The summed E-state index contributed by atoms with van der Waals surface area (Å²) < 4.78 is 32.8. The molecule has 0 amide bonds. The van der Waals surface area contributed by atoms with Crippen LogP contribution in [0, 0.1) is 12.8 Å². The van der Waals surface area contributed by atoms with Crippen molar-refractivity contribution < 1.29 is 13.2 Å². The van der Waals surface area contributed by atoms with Gasteiger partial charge in [-0.05, 0) is 32.0 Å². The number of aryl methyl sites for hydroxylation is 2. The van der Waals surface area contributed by atoms with Gasteiger partial charge >= 0.3 is 0 Å². The zero-order chi connectivity index (χ0) is 28.2. The van der Waals surface area contributed by atoms with Crippen molar-refractivity contribution in [1.82, 2.24) is 39.7 Å². The Morgan fingerprint density at radius 1 is 1.10 bits per heavy atom. The summed E-state index contributed by atoms with van der Waals surface area (Å²) in [5, 5.41) is 14.0. The Bertz CT molecular complexity index is 1850. The molecule has 0 radical (unpaired) electrons. The number of pyridine rings is 3. The van der Waals surface area contributed by atoms with Crippen LogP contribution in [-0.4, -0.2) is 79.8 Å². The first-order chi connectivity index (χ1) is 19.1. The predicted molar refractivity (Wildman–Crippen MR) is 151 cm³/mol. The maximum absolute atomic E-state index is 11.9. The number of fused-ring (bicyclic) bond motifs is 1. The number of rotatable bonds is 7. The predicted octanol–water partition coefficient (Wildman–Crippen LogP) is 2.86. The Hall–Kier alpha value is -4.39. The summed E-state index contributed by atoms with van der Waals surface area (Å²) in [6.07, 6.45) is 8.29. The second-order valence-electron chi connectivity index (χ2n) is 10.2. The van der Waals surface area contributed by atoms with Gasteiger partial charge in [-0.1, -0.05) is 5.21 Å². The fourth-order valence-electron chi connectivity index (χ4n) is 5.23. The van der Waals surface area contributed by atoms with Crippen molar-refractivity contribution in [2.45, 2.75) is 19.9 Å². The maximum Gasteiger partial charge on any atom is 0.156 e. The van der Waals surface area contributed by atoms with Crippen LogP contribution in [0.15, 0.2) is 49.1 Å². The molecule has 0 spiro atoms. The van der Waals surface area contributed by atoms with Crippen molar-refractivity contribution in [3.63, 3.8) is 0 Å². The SMILES string of the molecule is COc1ccncc1-c1cc2c(cnn2-c2cc(N3C[C@H](CS(C)(=O)=O)[C@H]3C)cc(-c3cn(C)nn3)n2)c(C)n1. The van der Waals surface area contributed by atoms with E-state index in [1.54, 1.807) is 48.2 Å². The highest BCUT2D eigenvalue weighted by molar-refractivity contribution is 7.90. The van der Waals surface area contributed by atoms with E-state index in [-0.39, 0.29) is 17.7 Å². The number of hydrogen-bond acceptors (Lipinski definition) is 10. The first-order valence-corrected chi connectivity index (χ1v) is 14.8. The van der Waals surface area contributed by atoms with E-state index in [0.29, 0.717) is 35.2 Å². The Kier molecular flexibility index (Phi) is 6.25. The number of aromatic nitrogens is 8. The van der Waals surface area contributed by atoms with Gasteiger partial charge in [-0.15, -0.1) is 5.10 Å². The van der Waals surface area contributed by atoms with Gasteiger partial charge in [-0.2, -0.15) is 5.10 Å². The second kappa shape index (κ2) is 9.66. The van der Waals surface area contributed by atoms with Crippen LogP contribution in [0.5, 0.6) is 5.75 Å². The lowest BCUT2D eigenvalue weighted by molar-refractivity contribution is 0.341. The highest BCUT2D eigenvalue weighted by Gasteiger charge is 2.38. The minimum absolute atomic E-state index is 0.0464. The quantitative estimate of drug-likeness (QED) is 0.293. The smallest absolute Gasteiger partial charge is 0.156 e. The van der Waals surface area contributed by atoms with Crippen molar-refractivity contribution in [2.24, 2.45) is 13.0 Å². The molecule has 0 saturated carbocycles. The number of methoxy groups -OCH3 is 1. The van der Waals surface area contributed by atoms with Crippen LogP contribution in [0.25, 0.3) is 39.4 Å². The molecule has 1 saturated heterocycles. The third-order valence-corrected chi connectivity index (χ3v) is 8.40. The second-order valence-corrected chi connectivity index (χ2v) is 12.4. The number of sulfone groups is 1. The first kappa shape index (κ1) is 25.9. The molecular formula is C27H29N9O3S. The summed E-state index contributed by atoms with van der Waals surface area (Å²) in [4.78, 5) is 16.2. The molecule has 5 aromatic heterocycles. The molecule has 0 aliphatic carbocycles. The van der Waals surface area contributed by atoms with E-state index in [0.717, 1.165) is 27.8 Å². The van der Waals surface area contributed by atoms with Crippen molar-refractivity contribution in [1.29, 1.82) is 0 Å². The molecule has 0 unspecified atom stereocenters. The molecule has 6 heterocycles. The molecule has 2 atom stereocenters. The summed E-state index contributed by atoms with van der Waals surface area (Å²) in [7, 11) is 0.357. The van der Waals surface area contributed by atoms with Gasteiger partial charge in [0.25, 0.3) is 0 Å². The topological polar surface area (TPSA) is 134 Å². The van der Waals surface area contributed by atoms with Crippen LogP contribution in [0.4, 0.5) is 5.69 Å². The molecular weight excluding hydrogens is 530 g/mol. The van der Waals surface area contributed by atoms with Gasteiger partial charge in [-0.3, -0.25) is 14.6 Å². The van der Waals surface area contributed by atoms with E-state index in [1.165, 1.54) is 6.26 Å². The third-order valence-electron chi connectivity index (χ3n) is 7.37. The zero-order valence-corrected chi connectivity index (χ0v) is 23.7. The van der Waals surface area contributed by atoms with E-state index in [1.807, 2.05) is 38.2 Å². The maximum atomic E-state index is 11.9. The van der Waals surface area contributed by atoms with Crippen LogP contribution in [0.1, 0.15) is 12.6 Å². The van der Waals surface area contributed by atoms with Gasteiger partial charge < -0.3 is 9.64 Å². The van der Waals surface area contributed by atoms with Crippen LogP contribution in [0.3, 0.4) is 0 Å². The molecule has 1 aliphatic heterocycles. The van der Waals surface area contributed by atoms with Crippen LogP contribution in [0.2, 0.25) is 0 Å². The van der Waals surface area contributed by atoms with Crippen molar-refractivity contribution >= 4 is 26.4 Å². The zero-order valence-electron chi connectivity index (χ0n) is 22.8. The number of nitrogens with zero attached hydrogens (tertiary/aromatic N) is 9. The number of ether oxygens (including phenoxy) is 1. The van der Waals surface area contributed by atoms with E-state index in [9.17, 15) is 8.42 Å². The Labute approximate surface area is 231 Å². The summed E-state index contributed by atoms with van der Waals surface area (Å²) in [6, 6.07) is 7.74. The minimum atomic E-state index is -3.07. The van der Waals surface area contributed by atoms with E-state index < -0.39 is 9.84 Å². The number of anilines is 1. The molecule has 1 fully saturated rings. The summed E-state index contributed by atoms with van der Waals surface area (Å²) >= 11 is 0. The molecule has 0 bridgehead atoms. The summed E-state index contributed by atoms with van der Waals surface area (Å²) in [6.45, 7) is 4.62. The van der Waals surface area contributed by atoms with Gasteiger partial charge in [0.05, 0.1) is 47.7 Å². The molecule has 12 nitrogen and oxygen atoms in total. The molecule has 40 heavy (non-hydrogen) atoms. The van der Waals surface area contributed by atoms with Gasteiger partial charge in [-0.25, -0.2) is 18.1 Å². The fourth-order valence-corrected chi connectivity index (χ4v) is 6.39. The molecule has 13 heteroatoms. The average molecular weight is 560 g/mol. The number of hydrogen-bond donors (Lipinski definition) is 0. The van der Waals surface area contributed by atoms with Gasteiger partial charge in [0, 0.05) is 67.0 Å². The molecule has 0 aromatic carbocycles. The normalized spacial score (nSPS) is 17.3. The van der Waals surface area contributed by atoms with Crippen LogP contribution < -0.4 is 9.64 Å². The molecule has 5 aromatic rings. The van der Waals surface area contributed by atoms with Crippen molar-refractivity contribution in [3.8, 4) is 34.2 Å².